The van der Waals surface area contributed by atoms with Crippen molar-refractivity contribution in [1.82, 2.24) is 24.9 Å². The Morgan fingerprint density at radius 3 is 2.94 bits per heavy atom. The molecule has 18 heavy (non-hydrogen) atoms. The zero-order chi connectivity index (χ0) is 13.0. The Balaban J connectivity index is 2.15. The van der Waals surface area contributed by atoms with E-state index in [0.717, 1.165) is 24.3 Å². The summed E-state index contributed by atoms with van der Waals surface area (Å²) < 4.78 is 2.16. The van der Waals surface area contributed by atoms with Crippen LogP contribution in [0.5, 0.6) is 0 Å². The van der Waals surface area contributed by atoms with Gasteiger partial charge in [-0.05, 0) is 26.1 Å². The summed E-state index contributed by atoms with van der Waals surface area (Å²) in [7, 11) is 4.24. The van der Waals surface area contributed by atoms with Gasteiger partial charge in [0.2, 0.25) is 0 Å². The van der Waals surface area contributed by atoms with Gasteiger partial charge in [-0.2, -0.15) is 15.4 Å². The minimum absolute atomic E-state index is 0.912. The van der Waals surface area contributed by atoms with Crippen LogP contribution < -0.4 is 0 Å². The van der Waals surface area contributed by atoms with Crippen molar-refractivity contribution in [1.29, 1.82) is 0 Å². The molecule has 5 nitrogen and oxygen atoms in total. The average molecular weight is 247 g/mol. The SMILES string of the molecule is CCCCN(C)Cc1c(-c2cn[nH]n2)ccn1C. The molecule has 0 atom stereocenters. The number of unbranched alkanes of at least 4 members (excludes halogenated alkanes) is 1. The summed E-state index contributed by atoms with van der Waals surface area (Å²) in [4.78, 5) is 2.35. The van der Waals surface area contributed by atoms with Crippen molar-refractivity contribution in [2.24, 2.45) is 7.05 Å². The van der Waals surface area contributed by atoms with Crippen molar-refractivity contribution in [3.05, 3.63) is 24.2 Å². The van der Waals surface area contributed by atoms with Crippen molar-refractivity contribution >= 4 is 0 Å². The Kier molecular flexibility index (Phi) is 4.15. The molecule has 2 heterocycles. The highest BCUT2D eigenvalue weighted by molar-refractivity contribution is 5.61. The van der Waals surface area contributed by atoms with E-state index in [1.54, 1.807) is 6.20 Å². The van der Waals surface area contributed by atoms with E-state index >= 15 is 0 Å². The van der Waals surface area contributed by atoms with Gasteiger partial charge in [-0.3, -0.25) is 0 Å². The number of nitrogens with one attached hydrogen (secondary N) is 1. The smallest absolute Gasteiger partial charge is 0.114 e. The predicted molar refractivity (Wildman–Crippen MR) is 72.0 cm³/mol. The van der Waals surface area contributed by atoms with Gasteiger partial charge in [-0.1, -0.05) is 13.3 Å². The van der Waals surface area contributed by atoms with Gasteiger partial charge in [-0.15, -0.1) is 0 Å². The molecule has 0 fully saturated rings. The summed E-state index contributed by atoms with van der Waals surface area (Å²) in [5.41, 5.74) is 3.35. The van der Waals surface area contributed by atoms with Crippen molar-refractivity contribution in [3.8, 4) is 11.3 Å². The van der Waals surface area contributed by atoms with Crippen LogP contribution in [0.25, 0.3) is 11.3 Å². The van der Waals surface area contributed by atoms with Crippen LogP contribution >= 0.6 is 0 Å². The van der Waals surface area contributed by atoms with Gasteiger partial charge in [0.1, 0.15) is 5.69 Å². The highest BCUT2D eigenvalue weighted by Crippen LogP contribution is 2.22. The monoisotopic (exact) mass is 247 g/mol. The third-order valence-corrected chi connectivity index (χ3v) is 3.21. The molecule has 0 aromatic carbocycles. The number of rotatable bonds is 6. The van der Waals surface area contributed by atoms with E-state index in [-0.39, 0.29) is 0 Å². The lowest BCUT2D eigenvalue weighted by molar-refractivity contribution is 0.314. The molecule has 0 saturated heterocycles. The van der Waals surface area contributed by atoms with Crippen LogP contribution in [-0.4, -0.2) is 38.5 Å². The highest BCUT2D eigenvalue weighted by atomic mass is 15.3. The highest BCUT2D eigenvalue weighted by Gasteiger charge is 2.12. The molecule has 0 spiro atoms. The number of hydrogen-bond acceptors (Lipinski definition) is 3. The Bertz CT molecular complexity index is 472. The van der Waals surface area contributed by atoms with Crippen molar-refractivity contribution in [2.45, 2.75) is 26.3 Å². The standard InChI is InChI=1S/C13H21N5/c1-4-5-7-17(2)10-13-11(6-8-18(13)3)12-9-14-16-15-12/h6,8-9H,4-5,7,10H2,1-3H3,(H,14,15,16). The van der Waals surface area contributed by atoms with Crippen molar-refractivity contribution in [2.75, 3.05) is 13.6 Å². The van der Waals surface area contributed by atoms with Gasteiger partial charge in [-0.25, -0.2) is 0 Å². The first-order valence-electron chi connectivity index (χ1n) is 6.41. The zero-order valence-electron chi connectivity index (χ0n) is 11.3. The summed E-state index contributed by atoms with van der Waals surface area (Å²) in [5, 5.41) is 10.7. The Morgan fingerprint density at radius 1 is 1.44 bits per heavy atom. The summed E-state index contributed by atoms with van der Waals surface area (Å²) in [6.45, 7) is 4.28. The van der Waals surface area contributed by atoms with E-state index in [0.29, 0.717) is 0 Å². The molecule has 0 aliphatic rings. The normalized spacial score (nSPS) is 11.3. The number of nitrogens with zero attached hydrogens (tertiary/aromatic N) is 4. The van der Waals surface area contributed by atoms with E-state index in [4.69, 9.17) is 0 Å². The molecule has 0 radical (unpaired) electrons. The van der Waals surface area contributed by atoms with E-state index in [9.17, 15) is 0 Å². The average Bonchev–Trinajstić information content (AvgIpc) is 2.98. The summed E-state index contributed by atoms with van der Waals surface area (Å²) in [6.07, 6.45) is 6.31. The fourth-order valence-corrected chi connectivity index (χ4v) is 2.09. The second-order valence-corrected chi connectivity index (χ2v) is 4.73. The summed E-state index contributed by atoms with van der Waals surface area (Å²) in [6, 6.07) is 2.10. The van der Waals surface area contributed by atoms with Gasteiger partial charge in [0, 0.05) is 31.0 Å². The molecule has 0 aliphatic heterocycles. The predicted octanol–water partition coefficient (Wildman–Crippen LogP) is 2.04. The van der Waals surface area contributed by atoms with Gasteiger partial charge in [0.05, 0.1) is 6.20 Å². The van der Waals surface area contributed by atoms with Gasteiger partial charge >= 0.3 is 0 Å². The zero-order valence-corrected chi connectivity index (χ0v) is 11.3. The van der Waals surface area contributed by atoms with Crippen LogP contribution in [0.3, 0.4) is 0 Å². The molecule has 0 unspecified atom stereocenters. The number of aromatic nitrogens is 4. The second kappa shape index (κ2) is 5.82. The molecule has 0 saturated carbocycles. The summed E-state index contributed by atoms with van der Waals surface area (Å²) in [5.74, 6) is 0. The molecular weight excluding hydrogens is 226 g/mol. The molecule has 1 N–H and O–H groups in total. The quantitative estimate of drug-likeness (QED) is 0.850. The summed E-state index contributed by atoms with van der Waals surface area (Å²) >= 11 is 0. The minimum Gasteiger partial charge on any atom is -0.353 e. The van der Waals surface area contributed by atoms with Crippen LogP contribution in [0.2, 0.25) is 0 Å². The Labute approximate surface area is 108 Å². The minimum atomic E-state index is 0.912. The largest absolute Gasteiger partial charge is 0.353 e. The van der Waals surface area contributed by atoms with Crippen molar-refractivity contribution in [3.63, 3.8) is 0 Å². The van der Waals surface area contributed by atoms with E-state index in [1.807, 2.05) is 0 Å². The molecule has 2 aromatic heterocycles. The van der Waals surface area contributed by atoms with Gasteiger partial charge in [0.15, 0.2) is 0 Å². The van der Waals surface area contributed by atoms with Crippen LogP contribution in [0.4, 0.5) is 0 Å². The number of aromatic amines is 1. The maximum Gasteiger partial charge on any atom is 0.114 e. The van der Waals surface area contributed by atoms with Crippen LogP contribution in [0, 0.1) is 0 Å². The first-order valence-corrected chi connectivity index (χ1v) is 6.41. The van der Waals surface area contributed by atoms with Crippen LogP contribution in [0.1, 0.15) is 25.5 Å². The number of H-pyrrole nitrogens is 1. The molecule has 2 rings (SSSR count). The van der Waals surface area contributed by atoms with E-state index < -0.39 is 0 Å². The third-order valence-electron chi connectivity index (χ3n) is 3.21. The van der Waals surface area contributed by atoms with Crippen LogP contribution in [-0.2, 0) is 13.6 Å². The lowest BCUT2D eigenvalue weighted by atomic mass is 10.2. The molecule has 0 amide bonds. The number of hydrogen-bond donors (Lipinski definition) is 1. The molecule has 2 aromatic rings. The Morgan fingerprint density at radius 2 is 2.28 bits per heavy atom. The van der Waals surface area contributed by atoms with Gasteiger partial charge in [0.25, 0.3) is 0 Å². The van der Waals surface area contributed by atoms with E-state index in [1.165, 1.54) is 18.5 Å². The fraction of sp³-hybridized carbons (Fsp3) is 0.538. The molecule has 0 aliphatic carbocycles. The maximum atomic E-state index is 4.16. The number of aryl methyl sites for hydroxylation is 1. The third kappa shape index (κ3) is 2.79. The van der Waals surface area contributed by atoms with Crippen LogP contribution in [0.15, 0.2) is 18.5 Å². The van der Waals surface area contributed by atoms with E-state index in [2.05, 4.69) is 58.2 Å². The second-order valence-electron chi connectivity index (χ2n) is 4.73. The lowest BCUT2D eigenvalue weighted by Gasteiger charge is -2.17. The maximum absolute atomic E-state index is 4.16. The molecule has 0 bridgehead atoms. The first kappa shape index (κ1) is 12.8. The molecule has 98 valence electrons. The Hall–Kier alpha value is -1.62. The lowest BCUT2D eigenvalue weighted by Crippen LogP contribution is -2.20. The van der Waals surface area contributed by atoms with Crippen molar-refractivity contribution < 1.29 is 0 Å². The topological polar surface area (TPSA) is 49.7 Å². The van der Waals surface area contributed by atoms with Gasteiger partial charge < -0.3 is 9.47 Å². The molecular formula is C13H21N5. The molecule has 5 heteroatoms. The fourth-order valence-electron chi connectivity index (χ4n) is 2.09. The first-order chi connectivity index (χ1) is 8.72.